The summed E-state index contributed by atoms with van der Waals surface area (Å²) in [6, 6.07) is 2.90. The van der Waals surface area contributed by atoms with Crippen molar-refractivity contribution < 1.29 is 9.90 Å². The monoisotopic (exact) mass is 286 g/mol. The predicted molar refractivity (Wildman–Crippen MR) is 73.3 cm³/mol. The van der Waals surface area contributed by atoms with Crippen LogP contribution < -0.4 is 5.43 Å². The van der Waals surface area contributed by atoms with Gasteiger partial charge in [0.05, 0.1) is 11.2 Å². The van der Waals surface area contributed by atoms with Gasteiger partial charge in [-0.2, -0.15) is 5.10 Å². The van der Waals surface area contributed by atoms with Crippen molar-refractivity contribution in [1.82, 2.24) is 5.43 Å². The lowest BCUT2D eigenvalue weighted by Crippen LogP contribution is -2.18. The molecule has 0 aliphatic rings. The predicted octanol–water partition coefficient (Wildman–Crippen LogP) is 3.12. The fourth-order valence-corrected chi connectivity index (χ4v) is 1.57. The van der Waals surface area contributed by atoms with E-state index in [0.29, 0.717) is 16.2 Å². The van der Waals surface area contributed by atoms with Gasteiger partial charge in [0.1, 0.15) is 5.75 Å². The minimum absolute atomic E-state index is 0.125. The van der Waals surface area contributed by atoms with Crippen LogP contribution in [0.1, 0.15) is 19.4 Å². The number of halogens is 2. The third kappa shape index (κ3) is 3.75. The zero-order chi connectivity index (χ0) is 13.7. The Morgan fingerprint density at radius 3 is 2.72 bits per heavy atom. The normalized spacial score (nSPS) is 11.9. The summed E-state index contributed by atoms with van der Waals surface area (Å²) in [5.74, 6) is -0.455. The van der Waals surface area contributed by atoms with Crippen LogP contribution in [0.2, 0.25) is 10.0 Å². The molecule has 2 N–H and O–H groups in total. The van der Waals surface area contributed by atoms with E-state index >= 15 is 0 Å². The fourth-order valence-electron chi connectivity index (χ4n) is 1.06. The van der Waals surface area contributed by atoms with E-state index in [-0.39, 0.29) is 16.7 Å². The maximum absolute atomic E-state index is 11.4. The molecule has 0 fully saturated rings. The second-order valence-corrected chi connectivity index (χ2v) is 4.34. The molecule has 0 aliphatic heterocycles. The van der Waals surface area contributed by atoms with E-state index in [4.69, 9.17) is 23.2 Å². The summed E-state index contributed by atoms with van der Waals surface area (Å²) in [5, 5.41) is 13.8. The van der Waals surface area contributed by atoms with Gasteiger partial charge in [0.25, 0.3) is 5.91 Å². The zero-order valence-corrected chi connectivity index (χ0v) is 11.4. The quantitative estimate of drug-likeness (QED) is 0.509. The standard InChI is InChI=1S/C12H12Cl2N2O2/c1-3-7(2)12(18)16-15-6-8-4-9(13)5-10(14)11(8)17/h3-6,17H,1-2H3,(H,16,18)/b7-3?,15-6+. The maximum Gasteiger partial charge on any atom is 0.266 e. The van der Waals surface area contributed by atoms with Crippen LogP contribution in [0.15, 0.2) is 28.9 Å². The van der Waals surface area contributed by atoms with E-state index in [0.717, 1.165) is 0 Å². The van der Waals surface area contributed by atoms with Gasteiger partial charge in [0, 0.05) is 16.2 Å². The van der Waals surface area contributed by atoms with Crippen LogP contribution in [0.5, 0.6) is 5.75 Å². The summed E-state index contributed by atoms with van der Waals surface area (Å²) in [4.78, 5) is 11.4. The number of hydrazone groups is 1. The number of hydrogen-bond acceptors (Lipinski definition) is 3. The van der Waals surface area contributed by atoms with Crippen molar-refractivity contribution in [3.63, 3.8) is 0 Å². The van der Waals surface area contributed by atoms with Crippen LogP contribution in [-0.4, -0.2) is 17.2 Å². The Bertz CT molecular complexity index is 525. The van der Waals surface area contributed by atoms with E-state index < -0.39 is 0 Å². The van der Waals surface area contributed by atoms with Crippen LogP contribution in [0.4, 0.5) is 0 Å². The van der Waals surface area contributed by atoms with Crippen molar-refractivity contribution in [2.24, 2.45) is 5.10 Å². The Morgan fingerprint density at radius 2 is 2.11 bits per heavy atom. The smallest absolute Gasteiger partial charge is 0.266 e. The molecule has 0 saturated carbocycles. The second-order valence-electron chi connectivity index (χ2n) is 3.50. The number of carbonyl (C=O) groups is 1. The molecule has 0 unspecified atom stereocenters. The van der Waals surface area contributed by atoms with Gasteiger partial charge in [-0.3, -0.25) is 4.79 Å². The Hall–Kier alpha value is -1.52. The number of nitrogens with zero attached hydrogens (tertiary/aromatic N) is 1. The summed E-state index contributed by atoms with van der Waals surface area (Å²) < 4.78 is 0. The largest absolute Gasteiger partial charge is 0.506 e. The Morgan fingerprint density at radius 1 is 1.44 bits per heavy atom. The molecule has 0 bridgehead atoms. The van der Waals surface area contributed by atoms with Gasteiger partial charge in [0.2, 0.25) is 0 Å². The molecule has 1 aromatic carbocycles. The van der Waals surface area contributed by atoms with Crippen molar-refractivity contribution in [3.8, 4) is 5.75 Å². The number of benzene rings is 1. The Labute approximate surface area is 115 Å². The lowest BCUT2D eigenvalue weighted by molar-refractivity contribution is -0.117. The topological polar surface area (TPSA) is 61.7 Å². The highest BCUT2D eigenvalue weighted by atomic mass is 35.5. The Kier molecular flexibility index (Phi) is 5.19. The number of nitrogens with one attached hydrogen (secondary N) is 1. The van der Waals surface area contributed by atoms with E-state index in [1.54, 1.807) is 19.9 Å². The fraction of sp³-hybridized carbons (Fsp3) is 0.167. The highest BCUT2D eigenvalue weighted by molar-refractivity contribution is 6.36. The number of allylic oxidation sites excluding steroid dienone is 1. The first-order valence-electron chi connectivity index (χ1n) is 5.10. The van der Waals surface area contributed by atoms with E-state index in [1.165, 1.54) is 18.3 Å². The summed E-state index contributed by atoms with van der Waals surface area (Å²) in [6.45, 7) is 3.42. The zero-order valence-electron chi connectivity index (χ0n) is 9.87. The number of hydrogen-bond donors (Lipinski definition) is 2. The average Bonchev–Trinajstić information content (AvgIpc) is 2.33. The van der Waals surface area contributed by atoms with E-state index in [9.17, 15) is 9.90 Å². The molecule has 0 atom stereocenters. The third-order valence-corrected chi connectivity index (χ3v) is 2.72. The van der Waals surface area contributed by atoms with Crippen LogP contribution >= 0.6 is 23.2 Å². The highest BCUT2D eigenvalue weighted by Gasteiger charge is 2.06. The van der Waals surface area contributed by atoms with Gasteiger partial charge < -0.3 is 5.11 Å². The molecular weight excluding hydrogens is 275 g/mol. The molecule has 0 saturated heterocycles. The van der Waals surface area contributed by atoms with Crippen molar-refractivity contribution in [2.75, 3.05) is 0 Å². The average molecular weight is 287 g/mol. The minimum Gasteiger partial charge on any atom is -0.506 e. The Balaban J connectivity index is 2.83. The van der Waals surface area contributed by atoms with Crippen molar-refractivity contribution >= 4 is 35.3 Å². The van der Waals surface area contributed by atoms with Crippen LogP contribution in [0.3, 0.4) is 0 Å². The number of phenolic OH excluding ortho intramolecular Hbond substituents is 1. The summed E-state index contributed by atoms with van der Waals surface area (Å²) >= 11 is 11.5. The molecule has 1 amide bonds. The van der Waals surface area contributed by atoms with Crippen LogP contribution in [0.25, 0.3) is 0 Å². The van der Waals surface area contributed by atoms with Crippen molar-refractivity contribution in [1.29, 1.82) is 0 Å². The van der Waals surface area contributed by atoms with E-state index in [1.807, 2.05) is 0 Å². The lowest BCUT2D eigenvalue weighted by atomic mass is 10.2. The van der Waals surface area contributed by atoms with Gasteiger partial charge in [-0.05, 0) is 26.0 Å². The molecule has 6 heteroatoms. The van der Waals surface area contributed by atoms with Gasteiger partial charge >= 0.3 is 0 Å². The maximum atomic E-state index is 11.4. The first kappa shape index (κ1) is 14.5. The van der Waals surface area contributed by atoms with Gasteiger partial charge in [0.15, 0.2) is 0 Å². The van der Waals surface area contributed by atoms with Gasteiger partial charge in [-0.15, -0.1) is 0 Å². The van der Waals surface area contributed by atoms with Gasteiger partial charge in [-0.25, -0.2) is 5.43 Å². The number of phenols is 1. The van der Waals surface area contributed by atoms with Crippen molar-refractivity contribution in [2.45, 2.75) is 13.8 Å². The number of carbonyl (C=O) groups excluding carboxylic acids is 1. The molecule has 0 heterocycles. The molecule has 18 heavy (non-hydrogen) atoms. The molecule has 0 aliphatic carbocycles. The van der Waals surface area contributed by atoms with Crippen molar-refractivity contribution in [3.05, 3.63) is 39.4 Å². The molecule has 0 radical (unpaired) electrons. The van der Waals surface area contributed by atoms with Crippen LogP contribution in [0, 0.1) is 0 Å². The molecule has 1 rings (SSSR count). The summed E-state index contributed by atoms with van der Waals surface area (Å²) in [7, 11) is 0. The molecule has 96 valence electrons. The molecule has 0 aromatic heterocycles. The van der Waals surface area contributed by atoms with E-state index in [2.05, 4.69) is 10.5 Å². The number of amides is 1. The molecule has 0 spiro atoms. The minimum atomic E-state index is -0.318. The first-order valence-corrected chi connectivity index (χ1v) is 5.85. The lowest BCUT2D eigenvalue weighted by Gasteiger charge is -2.02. The second kappa shape index (κ2) is 6.42. The number of aromatic hydroxyl groups is 1. The van der Waals surface area contributed by atoms with Gasteiger partial charge in [-0.1, -0.05) is 29.3 Å². The summed E-state index contributed by atoms with van der Waals surface area (Å²) in [6.07, 6.45) is 2.94. The molecule has 1 aromatic rings. The first-order chi connectivity index (χ1) is 8.45. The third-order valence-electron chi connectivity index (χ3n) is 2.22. The molecular formula is C12H12Cl2N2O2. The van der Waals surface area contributed by atoms with Crippen LogP contribution in [-0.2, 0) is 4.79 Å². The summed E-state index contributed by atoms with van der Waals surface area (Å²) in [5.41, 5.74) is 3.18. The highest BCUT2D eigenvalue weighted by Crippen LogP contribution is 2.29. The number of rotatable bonds is 3. The molecule has 4 nitrogen and oxygen atoms in total. The SMILES string of the molecule is CC=C(C)C(=O)N/N=C/c1cc(Cl)cc(Cl)c1O.